The van der Waals surface area contributed by atoms with Crippen molar-refractivity contribution in [3.63, 3.8) is 0 Å². The molecule has 2 N–H and O–H groups in total. The first-order valence-corrected chi connectivity index (χ1v) is 9.99. The summed E-state index contributed by atoms with van der Waals surface area (Å²) in [5, 5.41) is 5.36. The highest BCUT2D eigenvalue weighted by Crippen LogP contribution is 2.24. The van der Waals surface area contributed by atoms with Gasteiger partial charge < -0.3 is 15.0 Å². The number of benzene rings is 2. The Balaban J connectivity index is 1.50. The first-order chi connectivity index (χ1) is 13.6. The van der Waals surface area contributed by atoms with Gasteiger partial charge in [-0.1, -0.05) is 41.4 Å². The number of nitrogens with zero attached hydrogens (tertiary/aromatic N) is 1. The van der Waals surface area contributed by atoms with Crippen LogP contribution in [0, 0.1) is 0 Å². The van der Waals surface area contributed by atoms with Gasteiger partial charge in [-0.05, 0) is 35.9 Å². The Labute approximate surface area is 173 Å². The summed E-state index contributed by atoms with van der Waals surface area (Å²) in [6, 6.07) is 15.2. The van der Waals surface area contributed by atoms with E-state index in [1.54, 1.807) is 0 Å². The van der Waals surface area contributed by atoms with Gasteiger partial charge in [0, 0.05) is 40.6 Å². The highest BCUT2D eigenvalue weighted by Gasteiger charge is 2.23. The maximum atomic E-state index is 12.7. The van der Waals surface area contributed by atoms with Gasteiger partial charge in [-0.2, -0.15) is 0 Å². The average Bonchev–Trinajstić information content (AvgIpc) is 3.13. The van der Waals surface area contributed by atoms with Crippen LogP contribution in [0.3, 0.4) is 0 Å². The second kappa shape index (κ2) is 8.53. The quantitative estimate of drug-likeness (QED) is 0.651. The number of amides is 1. The molecular formula is C21H21Cl2N3O2. The fourth-order valence-corrected chi connectivity index (χ4v) is 3.84. The van der Waals surface area contributed by atoms with Crippen molar-refractivity contribution in [3.8, 4) is 0 Å². The predicted molar refractivity (Wildman–Crippen MR) is 112 cm³/mol. The number of nitrogens with one attached hydrogen (secondary N) is 2. The summed E-state index contributed by atoms with van der Waals surface area (Å²) in [5.74, 6) is -0.139. The van der Waals surface area contributed by atoms with Gasteiger partial charge >= 0.3 is 0 Å². The molecule has 2 heterocycles. The van der Waals surface area contributed by atoms with Gasteiger partial charge in [0.15, 0.2) is 0 Å². The molecule has 1 aromatic heterocycles. The van der Waals surface area contributed by atoms with E-state index in [4.69, 9.17) is 27.9 Å². The van der Waals surface area contributed by atoms with Crippen LogP contribution in [-0.2, 0) is 4.74 Å². The van der Waals surface area contributed by atoms with Crippen molar-refractivity contribution in [2.45, 2.75) is 6.04 Å². The molecule has 4 rings (SSSR count). The molecule has 0 aliphatic carbocycles. The minimum Gasteiger partial charge on any atom is -0.379 e. The standard InChI is InChI=1S/C21H21Cl2N3O2/c22-16-4-1-14(2-5-16)20(26-7-9-28-10-8-26)13-24-21(27)19-11-15-3-6-17(23)12-18(15)25-19/h1-6,11-12,20,25H,7-10,13H2,(H,24,27). The van der Waals surface area contributed by atoms with Crippen LogP contribution >= 0.6 is 23.2 Å². The Morgan fingerprint density at radius 1 is 1.07 bits per heavy atom. The van der Waals surface area contributed by atoms with E-state index in [0.29, 0.717) is 35.5 Å². The summed E-state index contributed by atoms with van der Waals surface area (Å²) in [6.07, 6.45) is 0. The first-order valence-electron chi connectivity index (χ1n) is 9.24. The lowest BCUT2D eigenvalue weighted by Gasteiger charge is -2.35. The third-order valence-corrected chi connectivity index (χ3v) is 5.51. The molecule has 2 aromatic carbocycles. The van der Waals surface area contributed by atoms with E-state index >= 15 is 0 Å². The van der Waals surface area contributed by atoms with Crippen LogP contribution in [0.5, 0.6) is 0 Å². The number of rotatable bonds is 5. The summed E-state index contributed by atoms with van der Waals surface area (Å²) in [7, 11) is 0. The molecule has 1 amide bonds. The highest BCUT2D eigenvalue weighted by molar-refractivity contribution is 6.31. The van der Waals surface area contributed by atoms with Crippen LogP contribution in [0.1, 0.15) is 22.1 Å². The monoisotopic (exact) mass is 417 g/mol. The molecule has 7 heteroatoms. The predicted octanol–water partition coefficient (Wildman–Crippen LogP) is 4.28. The minimum atomic E-state index is -0.139. The van der Waals surface area contributed by atoms with Crippen molar-refractivity contribution in [2.75, 3.05) is 32.8 Å². The van der Waals surface area contributed by atoms with E-state index in [-0.39, 0.29) is 11.9 Å². The van der Waals surface area contributed by atoms with Crippen LogP contribution in [0.4, 0.5) is 0 Å². The zero-order valence-corrected chi connectivity index (χ0v) is 16.8. The molecular weight excluding hydrogens is 397 g/mol. The SMILES string of the molecule is O=C(NCC(c1ccc(Cl)cc1)N1CCOCC1)c1cc2ccc(Cl)cc2[nH]1. The van der Waals surface area contributed by atoms with E-state index < -0.39 is 0 Å². The number of hydrogen-bond donors (Lipinski definition) is 2. The molecule has 28 heavy (non-hydrogen) atoms. The van der Waals surface area contributed by atoms with Crippen LogP contribution in [0.15, 0.2) is 48.5 Å². The molecule has 1 unspecified atom stereocenters. The van der Waals surface area contributed by atoms with Crippen LogP contribution in [0.25, 0.3) is 10.9 Å². The van der Waals surface area contributed by atoms with Gasteiger partial charge in [0.1, 0.15) is 5.69 Å². The number of aromatic amines is 1. The molecule has 1 fully saturated rings. The number of H-pyrrole nitrogens is 1. The topological polar surface area (TPSA) is 57.4 Å². The lowest BCUT2D eigenvalue weighted by Crippen LogP contribution is -2.43. The van der Waals surface area contributed by atoms with Gasteiger partial charge in [0.05, 0.1) is 19.3 Å². The Morgan fingerprint density at radius 3 is 2.54 bits per heavy atom. The average molecular weight is 418 g/mol. The molecule has 146 valence electrons. The van der Waals surface area contributed by atoms with E-state index in [1.165, 1.54) is 0 Å². The van der Waals surface area contributed by atoms with Gasteiger partial charge in [-0.25, -0.2) is 0 Å². The molecule has 0 bridgehead atoms. The van der Waals surface area contributed by atoms with Crippen molar-refractivity contribution in [1.29, 1.82) is 0 Å². The van der Waals surface area contributed by atoms with Crippen LogP contribution in [-0.4, -0.2) is 48.6 Å². The lowest BCUT2D eigenvalue weighted by molar-refractivity contribution is 0.0162. The molecule has 1 saturated heterocycles. The minimum absolute atomic E-state index is 0.0592. The summed E-state index contributed by atoms with van der Waals surface area (Å²) in [6.45, 7) is 3.54. The first kappa shape index (κ1) is 19.3. The molecule has 1 aliphatic rings. The van der Waals surface area contributed by atoms with Gasteiger partial charge in [0.25, 0.3) is 5.91 Å². The Morgan fingerprint density at radius 2 is 1.79 bits per heavy atom. The molecule has 0 saturated carbocycles. The largest absolute Gasteiger partial charge is 0.379 e. The van der Waals surface area contributed by atoms with Crippen LogP contribution < -0.4 is 5.32 Å². The van der Waals surface area contributed by atoms with Gasteiger partial charge in [0.2, 0.25) is 0 Å². The fraction of sp³-hybridized carbons (Fsp3) is 0.286. The Hall–Kier alpha value is -2.05. The van der Waals surface area contributed by atoms with E-state index in [0.717, 1.165) is 29.6 Å². The molecule has 5 nitrogen and oxygen atoms in total. The lowest BCUT2D eigenvalue weighted by atomic mass is 10.0. The highest BCUT2D eigenvalue weighted by atomic mass is 35.5. The second-order valence-electron chi connectivity index (χ2n) is 6.84. The van der Waals surface area contributed by atoms with E-state index in [1.807, 2.05) is 48.5 Å². The number of morpholine rings is 1. The maximum Gasteiger partial charge on any atom is 0.267 e. The number of aromatic nitrogens is 1. The van der Waals surface area contributed by atoms with E-state index in [9.17, 15) is 4.79 Å². The van der Waals surface area contributed by atoms with Crippen molar-refractivity contribution in [3.05, 3.63) is 69.8 Å². The van der Waals surface area contributed by atoms with Gasteiger partial charge in [-0.3, -0.25) is 9.69 Å². The summed E-state index contributed by atoms with van der Waals surface area (Å²) >= 11 is 12.1. The molecule has 3 aromatic rings. The molecule has 1 aliphatic heterocycles. The van der Waals surface area contributed by atoms with E-state index in [2.05, 4.69) is 15.2 Å². The molecule has 0 radical (unpaired) electrons. The number of carbonyl (C=O) groups excluding carboxylic acids is 1. The summed E-state index contributed by atoms with van der Waals surface area (Å²) < 4.78 is 5.48. The van der Waals surface area contributed by atoms with Crippen molar-refractivity contribution in [2.24, 2.45) is 0 Å². The summed E-state index contributed by atoms with van der Waals surface area (Å²) in [4.78, 5) is 18.2. The number of halogens is 2. The van der Waals surface area contributed by atoms with Crippen molar-refractivity contribution < 1.29 is 9.53 Å². The van der Waals surface area contributed by atoms with Gasteiger partial charge in [-0.15, -0.1) is 0 Å². The Kier molecular flexibility index (Phi) is 5.87. The normalized spacial score (nSPS) is 16.2. The zero-order valence-electron chi connectivity index (χ0n) is 15.3. The smallest absolute Gasteiger partial charge is 0.267 e. The molecule has 1 atom stereocenters. The number of hydrogen-bond acceptors (Lipinski definition) is 3. The third kappa shape index (κ3) is 4.33. The van der Waals surface area contributed by atoms with Crippen LogP contribution in [0.2, 0.25) is 10.0 Å². The number of carbonyl (C=O) groups is 1. The number of fused-ring (bicyclic) bond motifs is 1. The van der Waals surface area contributed by atoms with Crippen molar-refractivity contribution in [1.82, 2.24) is 15.2 Å². The van der Waals surface area contributed by atoms with Crippen molar-refractivity contribution >= 4 is 40.0 Å². The second-order valence-corrected chi connectivity index (χ2v) is 7.71. The molecule has 0 spiro atoms. The maximum absolute atomic E-state index is 12.7. The summed E-state index contributed by atoms with van der Waals surface area (Å²) in [5.41, 5.74) is 2.49. The third-order valence-electron chi connectivity index (χ3n) is 5.03. The number of ether oxygens (including phenoxy) is 1. The fourth-order valence-electron chi connectivity index (χ4n) is 3.54. The Bertz CT molecular complexity index is 965. The zero-order chi connectivity index (χ0) is 19.5.